The summed E-state index contributed by atoms with van der Waals surface area (Å²) in [5, 5.41) is 11.4. The first-order valence-electron chi connectivity index (χ1n) is 5.95. The summed E-state index contributed by atoms with van der Waals surface area (Å²) in [6.07, 6.45) is 4.43. The topological polar surface area (TPSA) is 40.7 Å². The Hall–Kier alpha value is -0.840. The average Bonchev–Trinajstić information content (AvgIpc) is 3.06. The Bertz CT molecular complexity index is 563. The first kappa shape index (κ1) is 12.2. The molecule has 18 heavy (non-hydrogen) atoms. The Labute approximate surface area is 119 Å². The van der Waals surface area contributed by atoms with Crippen molar-refractivity contribution in [1.29, 1.82) is 0 Å². The summed E-state index contributed by atoms with van der Waals surface area (Å²) in [5.74, 6) is 0. The quantitative estimate of drug-likeness (QED) is 0.898. The van der Waals surface area contributed by atoms with Crippen molar-refractivity contribution >= 4 is 27.5 Å². The molecule has 1 fully saturated rings. The number of halogens is 2. The molecule has 5 heteroatoms. The monoisotopic (exact) mass is 325 g/mol. The van der Waals surface area contributed by atoms with Gasteiger partial charge in [-0.05, 0) is 25.0 Å². The fourth-order valence-electron chi connectivity index (χ4n) is 1.91. The zero-order valence-electron chi connectivity index (χ0n) is 9.71. The molecular formula is C13H13BrClN3. The van der Waals surface area contributed by atoms with Crippen molar-refractivity contribution in [2.24, 2.45) is 0 Å². The summed E-state index contributed by atoms with van der Waals surface area (Å²) in [6.45, 7) is 0.836. The highest BCUT2D eigenvalue weighted by atomic mass is 79.9. The number of hydrogen-bond acceptors (Lipinski definition) is 2. The highest BCUT2D eigenvalue weighted by Gasteiger charge is 2.21. The van der Waals surface area contributed by atoms with Gasteiger partial charge >= 0.3 is 0 Å². The standard InChI is InChI=1S/C13H13BrClN3/c14-9-1-4-11(12(15)5-9)13-8(7-17-18-13)6-16-10-2-3-10/h1,4-5,7,10,16H,2-3,6H2,(H,17,18). The summed E-state index contributed by atoms with van der Waals surface area (Å²) >= 11 is 9.68. The van der Waals surface area contributed by atoms with Gasteiger partial charge in [0.2, 0.25) is 0 Å². The second kappa shape index (κ2) is 5.03. The second-order valence-corrected chi connectivity index (χ2v) is 5.87. The number of aromatic amines is 1. The van der Waals surface area contributed by atoms with Crippen molar-refractivity contribution in [3.63, 3.8) is 0 Å². The smallest absolute Gasteiger partial charge is 0.0710 e. The van der Waals surface area contributed by atoms with Crippen LogP contribution < -0.4 is 5.32 Å². The van der Waals surface area contributed by atoms with Crippen LogP contribution in [0.15, 0.2) is 28.9 Å². The van der Waals surface area contributed by atoms with Crippen LogP contribution in [0, 0.1) is 0 Å². The van der Waals surface area contributed by atoms with Gasteiger partial charge in [-0.1, -0.05) is 33.6 Å². The highest BCUT2D eigenvalue weighted by Crippen LogP contribution is 2.31. The van der Waals surface area contributed by atoms with Gasteiger partial charge in [0.15, 0.2) is 0 Å². The lowest BCUT2D eigenvalue weighted by atomic mass is 10.1. The number of nitrogens with one attached hydrogen (secondary N) is 2. The zero-order chi connectivity index (χ0) is 12.5. The maximum absolute atomic E-state index is 6.27. The van der Waals surface area contributed by atoms with Gasteiger partial charge in [-0.25, -0.2) is 0 Å². The van der Waals surface area contributed by atoms with Gasteiger partial charge in [0.25, 0.3) is 0 Å². The SMILES string of the molecule is Clc1cc(Br)ccc1-c1[nH]ncc1CNC1CC1. The molecule has 0 saturated heterocycles. The van der Waals surface area contributed by atoms with Crippen molar-refractivity contribution in [1.82, 2.24) is 15.5 Å². The molecule has 1 aromatic carbocycles. The van der Waals surface area contributed by atoms with Crippen LogP contribution in [0.5, 0.6) is 0 Å². The van der Waals surface area contributed by atoms with E-state index in [4.69, 9.17) is 11.6 Å². The van der Waals surface area contributed by atoms with E-state index >= 15 is 0 Å². The molecule has 0 spiro atoms. The fourth-order valence-corrected chi connectivity index (χ4v) is 2.68. The van der Waals surface area contributed by atoms with Crippen LogP contribution in [0.25, 0.3) is 11.3 Å². The molecule has 2 N–H and O–H groups in total. The van der Waals surface area contributed by atoms with Gasteiger partial charge in [-0.3, -0.25) is 5.10 Å². The summed E-state index contributed by atoms with van der Waals surface area (Å²) in [4.78, 5) is 0. The number of benzene rings is 1. The van der Waals surface area contributed by atoms with Gasteiger partial charge in [-0.2, -0.15) is 5.10 Å². The molecule has 94 valence electrons. The van der Waals surface area contributed by atoms with Gasteiger partial charge in [0.05, 0.1) is 16.9 Å². The Morgan fingerprint density at radius 2 is 2.28 bits per heavy atom. The van der Waals surface area contributed by atoms with Gasteiger partial charge in [0, 0.05) is 28.2 Å². The first-order chi connectivity index (χ1) is 8.74. The van der Waals surface area contributed by atoms with Crippen molar-refractivity contribution in [2.45, 2.75) is 25.4 Å². The predicted octanol–water partition coefficient (Wildman–Crippen LogP) is 3.74. The van der Waals surface area contributed by atoms with Crippen LogP contribution in [0.4, 0.5) is 0 Å². The Morgan fingerprint density at radius 3 is 3.00 bits per heavy atom. The third kappa shape index (κ3) is 2.60. The maximum atomic E-state index is 6.27. The van der Waals surface area contributed by atoms with E-state index in [1.165, 1.54) is 12.8 Å². The predicted molar refractivity (Wildman–Crippen MR) is 76.6 cm³/mol. The molecular weight excluding hydrogens is 314 g/mol. The minimum absolute atomic E-state index is 0.688. The van der Waals surface area contributed by atoms with Crippen LogP contribution in [-0.4, -0.2) is 16.2 Å². The minimum atomic E-state index is 0.688. The molecule has 0 unspecified atom stereocenters. The average molecular weight is 327 g/mol. The van der Waals surface area contributed by atoms with Crippen molar-refractivity contribution in [3.05, 3.63) is 39.5 Å². The molecule has 0 aliphatic heterocycles. The molecule has 0 bridgehead atoms. The molecule has 1 aromatic heterocycles. The zero-order valence-corrected chi connectivity index (χ0v) is 12.1. The first-order valence-corrected chi connectivity index (χ1v) is 7.12. The molecule has 1 saturated carbocycles. The van der Waals surface area contributed by atoms with E-state index in [9.17, 15) is 0 Å². The van der Waals surface area contributed by atoms with Gasteiger partial charge < -0.3 is 5.32 Å². The normalized spacial score (nSPS) is 15.0. The fraction of sp³-hybridized carbons (Fsp3) is 0.308. The number of aromatic nitrogens is 2. The molecule has 3 nitrogen and oxygen atoms in total. The number of nitrogens with zero attached hydrogens (tertiary/aromatic N) is 1. The molecule has 1 aliphatic carbocycles. The van der Waals surface area contributed by atoms with E-state index in [-0.39, 0.29) is 0 Å². The van der Waals surface area contributed by atoms with Crippen LogP contribution >= 0.6 is 27.5 Å². The molecule has 0 atom stereocenters. The third-order valence-electron chi connectivity index (χ3n) is 3.08. The van der Waals surface area contributed by atoms with Crippen LogP contribution in [0.2, 0.25) is 5.02 Å². The van der Waals surface area contributed by atoms with Crippen molar-refractivity contribution < 1.29 is 0 Å². The number of hydrogen-bond donors (Lipinski definition) is 2. The molecule has 1 heterocycles. The third-order valence-corrected chi connectivity index (χ3v) is 3.88. The van der Waals surface area contributed by atoms with Crippen molar-refractivity contribution in [3.8, 4) is 11.3 Å². The van der Waals surface area contributed by atoms with Crippen LogP contribution in [0.3, 0.4) is 0 Å². The van der Waals surface area contributed by atoms with Gasteiger partial charge in [0.1, 0.15) is 0 Å². The molecule has 0 amide bonds. The highest BCUT2D eigenvalue weighted by molar-refractivity contribution is 9.10. The number of rotatable bonds is 4. The molecule has 1 aliphatic rings. The van der Waals surface area contributed by atoms with Crippen LogP contribution in [0.1, 0.15) is 18.4 Å². The lowest BCUT2D eigenvalue weighted by Crippen LogP contribution is -2.15. The lowest BCUT2D eigenvalue weighted by molar-refractivity contribution is 0.689. The molecule has 3 rings (SSSR count). The van der Waals surface area contributed by atoms with E-state index in [0.29, 0.717) is 6.04 Å². The minimum Gasteiger partial charge on any atom is -0.310 e. The van der Waals surface area contributed by atoms with E-state index < -0.39 is 0 Å². The van der Waals surface area contributed by atoms with E-state index in [1.54, 1.807) is 0 Å². The van der Waals surface area contributed by atoms with Crippen molar-refractivity contribution in [2.75, 3.05) is 0 Å². The molecule has 2 aromatic rings. The Morgan fingerprint density at radius 1 is 1.44 bits per heavy atom. The van der Waals surface area contributed by atoms with E-state index in [0.717, 1.165) is 32.9 Å². The Balaban J connectivity index is 1.88. The van der Waals surface area contributed by atoms with E-state index in [2.05, 4.69) is 31.4 Å². The lowest BCUT2D eigenvalue weighted by Gasteiger charge is -2.06. The molecule has 0 radical (unpaired) electrons. The number of H-pyrrole nitrogens is 1. The van der Waals surface area contributed by atoms with Crippen LogP contribution in [-0.2, 0) is 6.54 Å². The largest absolute Gasteiger partial charge is 0.310 e. The summed E-state index contributed by atoms with van der Waals surface area (Å²) in [6, 6.07) is 6.57. The van der Waals surface area contributed by atoms with E-state index in [1.807, 2.05) is 24.4 Å². The van der Waals surface area contributed by atoms with Gasteiger partial charge in [-0.15, -0.1) is 0 Å². The Kier molecular flexibility index (Phi) is 3.41. The summed E-state index contributed by atoms with van der Waals surface area (Å²) in [7, 11) is 0. The summed E-state index contributed by atoms with van der Waals surface area (Å²) in [5.41, 5.74) is 3.15. The second-order valence-electron chi connectivity index (χ2n) is 4.55. The summed E-state index contributed by atoms with van der Waals surface area (Å²) < 4.78 is 0.980. The maximum Gasteiger partial charge on any atom is 0.0710 e.